The number of carboxylic acid groups (broad SMARTS) is 1. The zero-order valence-corrected chi connectivity index (χ0v) is 12.6. The fourth-order valence-corrected chi connectivity index (χ4v) is 4.51. The lowest BCUT2D eigenvalue weighted by Crippen LogP contribution is -2.64. The van der Waals surface area contributed by atoms with Crippen LogP contribution in [0.25, 0.3) is 0 Å². The number of H-pyrrole nitrogens is 1. The van der Waals surface area contributed by atoms with Gasteiger partial charge in [-0.05, 0) is 12.5 Å². The number of aryl methyl sites for hydroxylation is 1. The van der Waals surface area contributed by atoms with Crippen LogP contribution in [0.15, 0.2) is 16.3 Å². The Balaban J connectivity index is 1.83. The number of carbonyl (C=O) groups is 2. The van der Waals surface area contributed by atoms with Gasteiger partial charge >= 0.3 is 5.97 Å². The number of nitrogens with zero attached hydrogens (tertiary/aromatic N) is 3. The predicted molar refractivity (Wildman–Crippen MR) is 75.6 cm³/mol. The van der Waals surface area contributed by atoms with E-state index in [0.29, 0.717) is 22.1 Å². The first kappa shape index (κ1) is 14.4. The Morgan fingerprint density at radius 2 is 2.33 bits per heavy atom. The number of aromatic nitrogens is 3. The average Bonchev–Trinajstić information content (AvgIpc) is 2.88. The van der Waals surface area contributed by atoms with Crippen molar-refractivity contribution in [1.29, 1.82) is 0 Å². The summed E-state index contributed by atoms with van der Waals surface area (Å²) in [4.78, 5) is 24.3. The molecule has 0 saturated carbocycles. The number of aliphatic hydroxyl groups is 1. The molecule has 1 aromatic rings. The molecule has 1 saturated heterocycles. The number of hydrogen-bond acceptors (Lipinski definition) is 7. The molecule has 3 rings (SSSR count). The van der Waals surface area contributed by atoms with Gasteiger partial charge in [0.05, 0.1) is 5.69 Å². The number of carboxylic acids is 1. The van der Waals surface area contributed by atoms with Crippen LogP contribution in [-0.2, 0) is 9.59 Å². The first-order chi connectivity index (χ1) is 10.0. The van der Waals surface area contributed by atoms with Crippen LogP contribution in [-0.4, -0.2) is 65.4 Å². The zero-order valence-electron chi connectivity index (χ0n) is 10.9. The minimum Gasteiger partial charge on any atom is -0.477 e. The molecule has 0 aromatic carbocycles. The molecule has 2 aliphatic rings. The molecular formula is C11H12N4O4S2. The van der Waals surface area contributed by atoms with Crippen molar-refractivity contribution in [2.24, 2.45) is 0 Å². The number of carbonyl (C=O) groups excluding carboxylic acids is 1. The summed E-state index contributed by atoms with van der Waals surface area (Å²) in [5.41, 5.74) is 1.38. The average molecular weight is 328 g/mol. The number of nitrogens with one attached hydrogen (secondary N) is 1. The van der Waals surface area contributed by atoms with Gasteiger partial charge in [0.2, 0.25) is 0 Å². The van der Waals surface area contributed by atoms with E-state index in [-0.39, 0.29) is 5.70 Å². The standard InChI is InChI=1S/C11H12N4O4S2/c1-4-8(13-14-12-4)20-2-5-3-21-10-7(16)9(17)15(10)6(5)11(18)19/h7,10,16H,2-3H2,1H3,(H,18,19)(H,12,13,14)/t7-,10-/m1/s1. The molecule has 1 fully saturated rings. The predicted octanol–water partition coefficient (Wildman–Crippen LogP) is -0.180. The maximum atomic E-state index is 11.7. The lowest BCUT2D eigenvalue weighted by molar-refractivity contribution is -0.159. The van der Waals surface area contributed by atoms with Gasteiger partial charge in [0.1, 0.15) is 16.1 Å². The van der Waals surface area contributed by atoms with Gasteiger partial charge < -0.3 is 10.2 Å². The van der Waals surface area contributed by atoms with Crippen molar-refractivity contribution in [1.82, 2.24) is 20.3 Å². The summed E-state index contributed by atoms with van der Waals surface area (Å²) in [6, 6.07) is 0. The van der Waals surface area contributed by atoms with Crippen LogP contribution in [0.5, 0.6) is 0 Å². The molecule has 0 radical (unpaired) electrons. The Hall–Kier alpha value is -1.52. The Labute approximate surface area is 128 Å². The summed E-state index contributed by atoms with van der Waals surface area (Å²) in [5.74, 6) is -0.816. The molecule has 21 heavy (non-hydrogen) atoms. The first-order valence-electron chi connectivity index (χ1n) is 6.09. The Kier molecular flexibility index (Phi) is 3.68. The smallest absolute Gasteiger partial charge is 0.352 e. The van der Waals surface area contributed by atoms with Crippen molar-refractivity contribution in [2.45, 2.75) is 23.4 Å². The highest BCUT2D eigenvalue weighted by Crippen LogP contribution is 2.41. The number of fused-ring (bicyclic) bond motifs is 1. The molecule has 2 atom stereocenters. The molecule has 0 aliphatic carbocycles. The van der Waals surface area contributed by atoms with Gasteiger partial charge in [0, 0.05) is 11.5 Å². The maximum absolute atomic E-state index is 11.7. The van der Waals surface area contributed by atoms with E-state index in [9.17, 15) is 19.8 Å². The van der Waals surface area contributed by atoms with Crippen LogP contribution >= 0.6 is 23.5 Å². The van der Waals surface area contributed by atoms with Crippen molar-refractivity contribution < 1.29 is 19.8 Å². The van der Waals surface area contributed by atoms with Crippen LogP contribution in [0.2, 0.25) is 0 Å². The van der Waals surface area contributed by atoms with Crippen LogP contribution in [0, 0.1) is 6.92 Å². The van der Waals surface area contributed by atoms with Gasteiger partial charge in [0.15, 0.2) is 6.10 Å². The molecule has 8 nitrogen and oxygen atoms in total. The lowest BCUT2D eigenvalue weighted by Gasteiger charge is -2.47. The number of aromatic amines is 1. The van der Waals surface area contributed by atoms with Crippen LogP contribution in [0.3, 0.4) is 0 Å². The fraction of sp³-hybridized carbons (Fsp3) is 0.455. The van der Waals surface area contributed by atoms with E-state index in [2.05, 4.69) is 15.4 Å². The summed E-state index contributed by atoms with van der Waals surface area (Å²) in [7, 11) is 0. The van der Waals surface area contributed by atoms with Crippen LogP contribution in [0.1, 0.15) is 5.69 Å². The van der Waals surface area contributed by atoms with Gasteiger partial charge in [-0.15, -0.1) is 16.9 Å². The molecule has 3 heterocycles. The molecule has 3 N–H and O–H groups in total. The molecule has 112 valence electrons. The van der Waals surface area contributed by atoms with E-state index < -0.39 is 23.4 Å². The number of β-lactam (4-membered cyclic amide) rings is 1. The number of aliphatic carboxylic acids is 1. The largest absolute Gasteiger partial charge is 0.477 e. The molecule has 0 spiro atoms. The van der Waals surface area contributed by atoms with Crippen molar-refractivity contribution in [3.63, 3.8) is 0 Å². The first-order valence-corrected chi connectivity index (χ1v) is 8.12. The molecule has 1 amide bonds. The van der Waals surface area contributed by atoms with Gasteiger partial charge in [-0.25, -0.2) is 4.79 Å². The van der Waals surface area contributed by atoms with Crippen molar-refractivity contribution in [3.05, 3.63) is 17.0 Å². The van der Waals surface area contributed by atoms with E-state index in [0.717, 1.165) is 5.69 Å². The molecule has 2 aliphatic heterocycles. The fourth-order valence-electron chi connectivity index (χ4n) is 2.21. The van der Waals surface area contributed by atoms with Gasteiger partial charge in [-0.3, -0.25) is 9.69 Å². The highest BCUT2D eigenvalue weighted by molar-refractivity contribution is 8.01. The van der Waals surface area contributed by atoms with Crippen molar-refractivity contribution in [2.75, 3.05) is 11.5 Å². The Bertz CT molecular complexity index is 644. The van der Waals surface area contributed by atoms with Crippen molar-refractivity contribution >= 4 is 35.4 Å². The lowest BCUT2D eigenvalue weighted by atomic mass is 10.1. The third-order valence-electron chi connectivity index (χ3n) is 3.28. The van der Waals surface area contributed by atoms with Gasteiger partial charge in [-0.1, -0.05) is 11.8 Å². The normalized spacial score (nSPS) is 24.9. The summed E-state index contributed by atoms with van der Waals surface area (Å²) in [6.45, 7) is 1.80. The van der Waals surface area contributed by atoms with Gasteiger partial charge in [0.25, 0.3) is 5.91 Å². The molecule has 10 heteroatoms. The number of rotatable bonds is 4. The number of amides is 1. The number of thioether (sulfide) groups is 2. The third kappa shape index (κ3) is 2.32. The van der Waals surface area contributed by atoms with E-state index in [4.69, 9.17) is 0 Å². The van der Waals surface area contributed by atoms with Crippen LogP contribution < -0.4 is 0 Å². The van der Waals surface area contributed by atoms with E-state index >= 15 is 0 Å². The monoisotopic (exact) mass is 328 g/mol. The van der Waals surface area contributed by atoms with E-state index in [1.165, 1.54) is 28.4 Å². The van der Waals surface area contributed by atoms with Crippen molar-refractivity contribution in [3.8, 4) is 0 Å². The van der Waals surface area contributed by atoms with Gasteiger partial charge in [-0.2, -0.15) is 10.3 Å². The summed E-state index contributed by atoms with van der Waals surface area (Å²) in [5, 5.41) is 29.5. The van der Waals surface area contributed by atoms with E-state index in [1.54, 1.807) is 6.92 Å². The molecule has 0 unspecified atom stereocenters. The molecular weight excluding hydrogens is 316 g/mol. The Morgan fingerprint density at radius 3 is 2.95 bits per heavy atom. The highest BCUT2D eigenvalue weighted by Gasteiger charge is 2.52. The SMILES string of the molecule is Cc1n[nH]nc1SCC1=C(C(=O)O)N2C(=O)[C@@H](O)[C@H]2SC1. The minimum atomic E-state index is -1.15. The number of hydrogen-bond donors (Lipinski definition) is 3. The second-order valence-corrected chi connectivity index (χ2v) is 6.68. The second-order valence-electron chi connectivity index (χ2n) is 4.61. The maximum Gasteiger partial charge on any atom is 0.352 e. The van der Waals surface area contributed by atoms with E-state index in [1.807, 2.05) is 0 Å². The number of aliphatic hydroxyl groups excluding tert-OH is 1. The second kappa shape index (κ2) is 5.35. The molecule has 0 bridgehead atoms. The molecule has 1 aromatic heterocycles. The summed E-state index contributed by atoms with van der Waals surface area (Å²) < 4.78 is 0. The minimum absolute atomic E-state index is 0.0114. The Morgan fingerprint density at radius 1 is 1.57 bits per heavy atom. The summed E-state index contributed by atoms with van der Waals surface area (Å²) >= 11 is 2.74. The van der Waals surface area contributed by atoms with Crippen LogP contribution in [0.4, 0.5) is 0 Å². The third-order valence-corrected chi connectivity index (χ3v) is 5.76. The zero-order chi connectivity index (χ0) is 15.1. The quantitative estimate of drug-likeness (QED) is 0.514. The summed E-state index contributed by atoms with van der Waals surface area (Å²) in [6.07, 6.45) is -1.10. The topological polar surface area (TPSA) is 119 Å². The highest BCUT2D eigenvalue weighted by atomic mass is 32.2.